The van der Waals surface area contributed by atoms with E-state index in [0.717, 1.165) is 27.3 Å². The number of thiophene rings is 1. The molecule has 0 saturated carbocycles. The second-order valence-corrected chi connectivity index (χ2v) is 11.3. The predicted molar refractivity (Wildman–Crippen MR) is 157 cm³/mol. The van der Waals surface area contributed by atoms with Crippen molar-refractivity contribution < 1.29 is 18.7 Å². The fourth-order valence-electron chi connectivity index (χ4n) is 4.43. The Hall–Kier alpha value is -3.23. The number of benzene rings is 2. The quantitative estimate of drug-likeness (QED) is 0.227. The molecule has 0 saturated heterocycles. The molecule has 0 spiro atoms. The summed E-state index contributed by atoms with van der Waals surface area (Å²) >= 11 is 1.57. The number of hydrogen-bond donors (Lipinski definition) is 1. The normalized spacial score (nSPS) is 11.2. The Morgan fingerprint density at radius 3 is 2.15 bits per heavy atom. The topological polar surface area (TPSA) is 61.9 Å². The molecule has 0 atom stereocenters. The number of urea groups is 1. The standard InChI is InChI=1S/C31H40FN3O3S/c1-22(2)27-10-6-11-28(23(3)4)30(27)33-31(37)34(16-8-17-38-5)21-29(36)35(20-26-9-7-18-39-26)19-24-12-14-25(32)15-13-24/h6-7,9-15,18,22-23H,8,16-17,19-21H2,1-5H3,(H,33,37). The maximum absolute atomic E-state index is 13.7. The van der Waals surface area contributed by atoms with Crippen molar-refractivity contribution in [2.24, 2.45) is 0 Å². The zero-order valence-corrected chi connectivity index (χ0v) is 24.4. The second-order valence-electron chi connectivity index (χ2n) is 10.3. The van der Waals surface area contributed by atoms with Gasteiger partial charge in [0.2, 0.25) is 5.91 Å². The Morgan fingerprint density at radius 2 is 1.59 bits per heavy atom. The van der Waals surface area contributed by atoms with Crippen molar-refractivity contribution in [1.82, 2.24) is 9.80 Å². The van der Waals surface area contributed by atoms with Crippen LogP contribution in [0.4, 0.5) is 14.9 Å². The van der Waals surface area contributed by atoms with E-state index in [9.17, 15) is 14.0 Å². The Morgan fingerprint density at radius 1 is 0.923 bits per heavy atom. The zero-order chi connectivity index (χ0) is 28.4. The third-order valence-corrected chi connectivity index (χ3v) is 7.42. The molecule has 0 aliphatic carbocycles. The van der Waals surface area contributed by atoms with Crippen LogP contribution in [0.15, 0.2) is 60.0 Å². The van der Waals surface area contributed by atoms with Gasteiger partial charge in [0.05, 0.1) is 6.54 Å². The van der Waals surface area contributed by atoms with Crippen molar-refractivity contribution in [1.29, 1.82) is 0 Å². The Labute approximate surface area is 235 Å². The Bertz CT molecular complexity index is 1170. The van der Waals surface area contributed by atoms with Crippen LogP contribution in [-0.4, -0.2) is 48.5 Å². The van der Waals surface area contributed by atoms with E-state index in [1.54, 1.807) is 40.4 Å². The molecule has 39 heavy (non-hydrogen) atoms. The monoisotopic (exact) mass is 553 g/mol. The van der Waals surface area contributed by atoms with Crippen LogP contribution in [0.25, 0.3) is 0 Å². The first kappa shape index (κ1) is 30.3. The number of amides is 3. The molecule has 3 aromatic rings. The maximum Gasteiger partial charge on any atom is 0.322 e. The molecule has 3 rings (SSSR count). The number of carbonyl (C=O) groups is 2. The summed E-state index contributed by atoms with van der Waals surface area (Å²) in [4.78, 5) is 31.7. The number of methoxy groups -OCH3 is 1. The van der Waals surface area contributed by atoms with Gasteiger partial charge >= 0.3 is 6.03 Å². The van der Waals surface area contributed by atoms with E-state index >= 15 is 0 Å². The largest absolute Gasteiger partial charge is 0.385 e. The smallest absolute Gasteiger partial charge is 0.322 e. The maximum atomic E-state index is 13.7. The fourth-order valence-corrected chi connectivity index (χ4v) is 5.15. The molecular weight excluding hydrogens is 513 g/mol. The van der Waals surface area contributed by atoms with Crippen LogP contribution in [0.2, 0.25) is 0 Å². The summed E-state index contributed by atoms with van der Waals surface area (Å²) in [7, 11) is 1.62. The minimum absolute atomic E-state index is 0.0804. The predicted octanol–water partition coefficient (Wildman–Crippen LogP) is 7.23. The number of para-hydroxylation sites is 1. The van der Waals surface area contributed by atoms with Gasteiger partial charge in [-0.1, -0.05) is 64.1 Å². The van der Waals surface area contributed by atoms with Crippen molar-refractivity contribution >= 4 is 29.0 Å². The summed E-state index contributed by atoms with van der Waals surface area (Å²) in [6, 6.07) is 15.9. The first-order valence-electron chi connectivity index (χ1n) is 13.4. The highest BCUT2D eigenvalue weighted by Crippen LogP contribution is 2.32. The highest BCUT2D eigenvalue weighted by Gasteiger charge is 2.24. The molecule has 0 fully saturated rings. The van der Waals surface area contributed by atoms with E-state index in [1.807, 2.05) is 35.7 Å². The van der Waals surface area contributed by atoms with Crippen LogP contribution in [-0.2, 0) is 22.6 Å². The van der Waals surface area contributed by atoms with Crippen molar-refractivity contribution in [2.75, 3.05) is 32.1 Å². The van der Waals surface area contributed by atoms with Crippen LogP contribution in [0.5, 0.6) is 0 Å². The van der Waals surface area contributed by atoms with E-state index < -0.39 is 0 Å². The molecule has 2 aromatic carbocycles. The van der Waals surface area contributed by atoms with Crippen molar-refractivity contribution in [3.8, 4) is 0 Å². The molecule has 1 aromatic heterocycles. The number of anilines is 1. The van der Waals surface area contributed by atoms with Gasteiger partial charge in [-0.15, -0.1) is 11.3 Å². The van der Waals surface area contributed by atoms with E-state index in [-0.39, 0.29) is 36.1 Å². The van der Waals surface area contributed by atoms with Crippen LogP contribution < -0.4 is 5.32 Å². The van der Waals surface area contributed by atoms with Gasteiger partial charge in [-0.3, -0.25) is 4.79 Å². The number of nitrogens with zero attached hydrogens (tertiary/aromatic N) is 2. The molecule has 0 bridgehead atoms. The minimum Gasteiger partial charge on any atom is -0.385 e. The van der Waals surface area contributed by atoms with Gasteiger partial charge in [-0.25, -0.2) is 9.18 Å². The third-order valence-electron chi connectivity index (χ3n) is 6.56. The molecule has 0 radical (unpaired) electrons. The minimum atomic E-state index is -0.321. The fraction of sp³-hybridized carbons (Fsp3) is 0.419. The average Bonchev–Trinajstić information content (AvgIpc) is 3.42. The molecular formula is C31H40FN3O3S. The van der Waals surface area contributed by atoms with Gasteiger partial charge in [0.1, 0.15) is 12.4 Å². The summed E-state index contributed by atoms with van der Waals surface area (Å²) in [5.74, 6) is -0.0565. The first-order chi connectivity index (χ1) is 18.7. The number of ether oxygens (including phenoxy) is 1. The van der Waals surface area contributed by atoms with Gasteiger partial charge < -0.3 is 19.9 Å². The van der Waals surface area contributed by atoms with Crippen molar-refractivity contribution in [3.63, 3.8) is 0 Å². The van der Waals surface area contributed by atoms with Crippen LogP contribution in [0.3, 0.4) is 0 Å². The van der Waals surface area contributed by atoms with Crippen molar-refractivity contribution in [2.45, 2.75) is 59.0 Å². The average molecular weight is 554 g/mol. The molecule has 0 unspecified atom stereocenters. The lowest BCUT2D eigenvalue weighted by Crippen LogP contribution is -2.44. The third kappa shape index (κ3) is 8.90. The van der Waals surface area contributed by atoms with Gasteiger partial charge in [0.15, 0.2) is 0 Å². The van der Waals surface area contributed by atoms with E-state index in [4.69, 9.17) is 4.74 Å². The molecule has 0 aliphatic heterocycles. The molecule has 210 valence electrons. The van der Waals surface area contributed by atoms with E-state index in [0.29, 0.717) is 32.7 Å². The van der Waals surface area contributed by atoms with E-state index in [2.05, 4.69) is 33.0 Å². The SMILES string of the molecule is COCCCN(CC(=O)N(Cc1ccc(F)cc1)Cc1cccs1)C(=O)Nc1c(C(C)C)cccc1C(C)C. The lowest BCUT2D eigenvalue weighted by molar-refractivity contribution is -0.133. The number of rotatable bonds is 13. The summed E-state index contributed by atoms with van der Waals surface area (Å²) < 4.78 is 18.7. The highest BCUT2D eigenvalue weighted by molar-refractivity contribution is 7.09. The Kier molecular flexibility index (Phi) is 11.5. The lowest BCUT2D eigenvalue weighted by Gasteiger charge is -2.29. The van der Waals surface area contributed by atoms with Gasteiger partial charge in [0, 0.05) is 37.4 Å². The van der Waals surface area contributed by atoms with Gasteiger partial charge in [-0.05, 0) is 58.5 Å². The van der Waals surface area contributed by atoms with Crippen molar-refractivity contribution in [3.05, 3.63) is 87.4 Å². The number of nitrogens with one attached hydrogen (secondary N) is 1. The molecule has 1 N–H and O–H groups in total. The zero-order valence-electron chi connectivity index (χ0n) is 23.6. The van der Waals surface area contributed by atoms with Crippen LogP contribution in [0.1, 0.15) is 67.5 Å². The summed E-state index contributed by atoms with van der Waals surface area (Å²) in [6.45, 7) is 9.91. The summed E-state index contributed by atoms with van der Waals surface area (Å²) in [6.07, 6.45) is 0.600. The number of halogens is 1. The van der Waals surface area contributed by atoms with Crippen LogP contribution in [0, 0.1) is 5.82 Å². The molecule has 8 heteroatoms. The van der Waals surface area contributed by atoms with Crippen LogP contribution >= 0.6 is 11.3 Å². The Balaban J connectivity index is 1.85. The van der Waals surface area contributed by atoms with E-state index in [1.165, 1.54) is 12.1 Å². The number of carbonyl (C=O) groups excluding carboxylic acids is 2. The summed E-state index contributed by atoms with van der Waals surface area (Å²) in [5.41, 5.74) is 3.77. The van der Waals surface area contributed by atoms with Gasteiger partial charge in [-0.2, -0.15) is 0 Å². The molecule has 1 heterocycles. The van der Waals surface area contributed by atoms with Gasteiger partial charge in [0.25, 0.3) is 0 Å². The molecule has 0 aliphatic rings. The number of hydrogen-bond acceptors (Lipinski definition) is 4. The summed E-state index contributed by atoms with van der Waals surface area (Å²) in [5, 5.41) is 5.12. The molecule has 6 nitrogen and oxygen atoms in total. The molecule has 3 amide bonds. The lowest BCUT2D eigenvalue weighted by atomic mass is 9.93. The first-order valence-corrected chi connectivity index (χ1v) is 14.3. The second kappa shape index (κ2) is 14.8. The highest BCUT2D eigenvalue weighted by atomic mass is 32.1.